The molecular formula is C17H30Cl2N2SiTi-2. The molecule has 6 heteroatoms. The van der Waals surface area contributed by atoms with E-state index in [0.29, 0.717) is 0 Å². The molecule has 3 unspecified atom stereocenters. The van der Waals surface area contributed by atoms with E-state index in [9.17, 15) is 0 Å². The van der Waals surface area contributed by atoms with Gasteiger partial charge in [-0.15, -0.1) is 13.1 Å². The zero-order valence-corrected chi connectivity index (χ0v) is 18.9. The summed E-state index contributed by atoms with van der Waals surface area (Å²) in [4.78, 5) is 0. The van der Waals surface area contributed by atoms with Crippen LogP contribution in [-0.4, -0.2) is 39.0 Å². The fraction of sp³-hybridized carbons (Fsp3) is 0.706. The van der Waals surface area contributed by atoms with Crippen LogP contribution in [0.25, 0.3) is 5.32 Å². The Morgan fingerprint density at radius 2 is 1.61 bits per heavy atom. The van der Waals surface area contributed by atoms with Crippen molar-refractivity contribution in [1.29, 1.82) is 0 Å². The van der Waals surface area contributed by atoms with Crippen molar-refractivity contribution in [2.24, 2.45) is 17.8 Å². The molecule has 3 rings (SSSR count). The van der Waals surface area contributed by atoms with Crippen molar-refractivity contribution < 1.29 is 17.0 Å². The molecule has 0 spiro atoms. The van der Waals surface area contributed by atoms with Gasteiger partial charge in [-0.05, 0) is 42.8 Å². The number of allylic oxidation sites excluding steroid dienone is 4. The average Bonchev–Trinajstić information content (AvgIpc) is 2.87. The van der Waals surface area contributed by atoms with E-state index < -0.39 is 25.3 Å². The van der Waals surface area contributed by atoms with Gasteiger partial charge in [0.2, 0.25) is 0 Å². The van der Waals surface area contributed by atoms with Crippen molar-refractivity contribution in [3.05, 3.63) is 37.0 Å². The van der Waals surface area contributed by atoms with Crippen molar-refractivity contribution in [1.82, 2.24) is 4.57 Å². The van der Waals surface area contributed by atoms with Crippen LogP contribution in [0.15, 0.2) is 24.3 Å². The van der Waals surface area contributed by atoms with E-state index in [1.807, 2.05) is 0 Å². The molecule has 0 bridgehead atoms. The minimum absolute atomic E-state index is 0. The van der Waals surface area contributed by atoms with E-state index >= 15 is 0 Å². The van der Waals surface area contributed by atoms with Gasteiger partial charge in [0.1, 0.15) is 8.24 Å². The number of hydrogen-bond acceptors (Lipinski definition) is 1. The fourth-order valence-corrected chi connectivity index (χ4v) is 8.55. The Balaban J connectivity index is 0.000000615. The Morgan fingerprint density at radius 1 is 1.09 bits per heavy atom. The standard InChI is InChI=1S/C16H27N2Si.CH3.2ClH.Ti/c1-13-12-16(15-7-5-4-6-14(13)15)19(2,3)18-10-8-17-9-11-18;;;;/h4-7,13-16H,8-12H2,1-3H3;1H3;2*1H;/q2*-1;;;+2/p-2/t13-,14?,15?,16?;;;;/m0..../s1. The summed E-state index contributed by atoms with van der Waals surface area (Å²) in [6.07, 6.45) is 10.9. The molecule has 4 atom stereocenters. The Bertz CT molecular complexity index is 411. The summed E-state index contributed by atoms with van der Waals surface area (Å²) in [7, 11) is 8.45. The number of fused-ring (bicyclic) bond motifs is 1. The van der Waals surface area contributed by atoms with Crippen LogP contribution in [0, 0.1) is 25.2 Å². The van der Waals surface area contributed by atoms with Crippen molar-refractivity contribution in [2.75, 3.05) is 26.2 Å². The zero-order chi connectivity index (χ0) is 16.2. The topological polar surface area (TPSA) is 17.3 Å². The van der Waals surface area contributed by atoms with Crippen LogP contribution in [0.3, 0.4) is 0 Å². The van der Waals surface area contributed by atoms with E-state index in [1.54, 1.807) is 0 Å². The van der Waals surface area contributed by atoms with Crippen molar-refractivity contribution in [2.45, 2.75) is 32.0 Å². The first kappa shape index (κ1) is 22.0. The van der Waals surface area contributed by atoms with Crippen LogP contribution in [0.1, 0.15) is 13.3 Å². The SMILES string of the molecule is C[C@H]1CC([Si](C)(C)N2CC[N-]CC2)C2C=CC=CC21.[CH3-].[Cl][Ti][Cl]. The second-order valence-corrected chi connectivity index (χ2v) is 14.4. The van der Waals surface area contributed by atoms with Crippen LogP contribution in [-0.2, 0) is 17.0 Å². The second kappa shape index (κ2) is 10.2. The molecule has 2 aliphatic carbocycles. The molecule has 2 fully saturated rings. The first-order chi connectivity index (χ1) is 10.5. The van der Waals surface area contributed by atoms with Crippen molar-refractivity contribution >= 4 is 26.8 Å². The van der Waals surface area contributed by atoms with Gasteiger partial charge >= 0.3 is 35.6 Å². The molecule has 0 aromatic rings. The molecule has 0 radical (unpaired) electrons. The van der Waals surface area contributed by atoms with Crippen LogP contribution < -0.4 is 0 Å². The Labute approximate surface area is 160 Å². The number of rotatable bonds is 2. The predicted molar refractivity (Wildman–Crippen MR) is 103 cm³/mol. The normalized spacial score (nSPS) is 33.3. The summed E-state index contributed by atoms with van der Waals surface area (Å²) in [5, 5.41) is 4.52. The van der Waals surface area contributed by atoms with E-state index in [2.05, 4.69) is 54.2 Å². The molecule has 0 amide bonds. The van der Waals surface area contributed by atoms with Crippen molar-refractivity contribution in [3.8, 4) is 0 Å². The molecular weight excluding hydrogens is 379 g/mol. The Kier molecular flexibility index (Phi) is 9.69. The molecule has 132 valence electrons. The quantitative estimate of drug-likeness (QED) is 0.436. The Hall–Kier alpha value is 0.911. The van der Waals surface area contributed by atoms with Crippen LogP contribution in [0.2, 0.25) is 18.6 Å². The van der Waals surface area contributed by atoms with Crippen molar-refractivity contribution in [3.63, 3.8) is 0 Å². The van der Waals surface area contributed by atoms with Crippen LogP contribution >= 0.6 is 18.6 Å². The summed E-state index contributed by atoms with van der Waals surface area (Å²) < 4.78 is 2.83. The van der Waals surface area contributed by atoms with E-state index in [0.717, 1.165) is 36.4 Å². The van der Waals surface area contributed by atoms with Gasteiger partial charge in [-0.1, -0.05) is 44.3 Å². The number of halogens is 2. The third-order valence-electron chi connectivity index (χ3n) is 5.75. The average molecular weight is 409 g/mol. The van der Waals surface area contributed by atoms with Crippen LogP contribution in [0.4, 0.5) is 0 Å². The molecule has 0 N–H and O–H groups in total. The fourth-order valence-electron chi connectivity index (χ4n) is 4.50. The monoisotopic (exact) mass is 408 g/mol. The molecule has 1 heterocycles. The van der Waals surface area contributed by atoms with Gasteiger partial charge in [-0.3, -0.25) is 0 Å². The molecule has 23 heavy (non-hydrogen) atoms. The first-order valence-corrected chi connectivity index (χ1v) is 15.5. The third kappa shape index (κ3) is 5.20. The van der Waals surface area contributed by atoms with Gasteiger partial charge in [-0.2, -0.15) is 0 Å². The van der Waals surface area contributed by atoms with Gasteiger partial charge in [0.15, 0.2) is 0 Å². The summed E-state index contributed by atoms with van der Waals surface area (Å²) in [5.74, 6) is 2.47. The first-order valence-electron chi connectivity index (χ1n) is 8.22. The maximum atomic E-state index is 4.89. The van der Waals surface area contributed by atoms with Gasteiger partial charge in [-0.25, -0.2) is 0 Å². The predicted octanol–water partition coefficient (Wildman–Crippen LogP) is 5.48. The maximum absolute atomic E-state index is 4.89. The molecule has 1 saturated carbocycles. The molecule has 0 aromatic heterocycles. The molecule has 3 aliphatic rings. The third-order valence-corrected chi connectivity index (χ3v) is 10.3. The summed E-state index contributed by atoms with van der Waals surface area (Å²) in [5.41, 5.74) is 0.923. The number of hydrogen-bond donors (Lipinski definition) is 0. The number of nitrogens with zero attached hydrogens (tertiary/aromatic N) is 2. The van der Waals surface area contributed by atoms with Gasteiger partial charge < -0.3 is 17.3 Å². The summed E-state index contributed by atoms with van der Waals surface area (Å²) in [6, 6.07) is 0. The summed E-state index contributed by atoms with van der Waals surface area (Å²) >= 11 is -0.556. The molecule has 0 aromatic carbocycles. The minimum atomic E-state index is -1.33. The zero-order valence-electron chi connectivity index (χ0n) is 14.8. The van der Waals surface area contributed by atoms with Gasteiger partial charge in [0.05, 0.1) is 0 Å². The second-order valence-electron chi connectivity index (χ2n) is 7.13. The van der Waals surface area contributed by atoms with Gasteiger partial charge in [0, 0.05) is 0 Å². The van der Waals surface area contributed by atoms with Crippen LogP contribution in [0.5, 0.6) is 0 Å². The summed E-state index contributed by atoms with van der Waals surface area (Å²) in [6.45, 7) is 12.2. The molecule has 2 nitrogen and oxygen atoms in total. The molecule has 1 saturated heterocycles. The van der Waals surface area contributed by atoms with Gasteiger partial charge in [0.25, 0.3) is 0 Å². The molecule has 1 aliphatic heterocycles. The van der Waals surface area contributed by atoms with E-state index in [-0.39, 0.29) is 7.43 Å². The van der Waals surface area contributed by atoms with E-state index in [1.165, 1.54) is 19.5 Å². The number of piperazine rings is 1. The Morgan fingerprint density at radius 3 is 2.17 bits per heavy atom. The van der Waals surface area contributed by atoms with E-state index in [4.69, 9.17) is 18.6 Å².